The molecule has 136 valence electrons. The Morgan fingerprint density at radius 1 is 1.00 bits per heavy atom. The van der Waals surface area contributed by atoms with Crippen molar-refractivity contribution in [1.82, 2.24) is 15.6 Å². The minimum Gasteiger partial charge on any atom is -0.356 e. The van der Waals surface area contributed by atoms with E-state index in [1.54, 1.807) is 12.4 Å². The molecule has 0 radical (unpaired) electrons. The number of carbonyl (C=O) groups is 2. The smallest absolute Gasteiger partial charge is 0.220 e. The third kappa shape index (κ3) is 5.23. The van der Waals surface area contributed by atoms with Gasteiger partial charge in [-0.3, -0.25) is 14.6 Å². The molecule has 1 aromatic carbocycles. The summed E-state index contributed by atoms with van der Waals surface area (Å²) in [6, 6.07) is 9.83. The molecule has 2 aromatic rings. The maximum absolute atomic E-state index is 12.4. The molecule has 0 saturated heterocycles. The zero-order valence-electron chi connectivity index (χ0n) is 15.0. The van der Waals surface area contributed by atoms with Crippen molar-refractivity contribution in [3.63, 3.8) is 0 Å². The summed E-state index contributed by atoms with van der Waals surface area (Å²) in [5.41, 5.74) is 4.43. The zero-order valence-corrected chi connectivity index (χ0v) is 15.0. The monoisotopic (exact) mass is 351 g/mol. The molecule has 5 heteroatoms. The van der Waals surface area contributed by atoms with E-state index in [9.17, 15) is 9.59 Å². The molecule has 0 spiro atoms. The Bertz CT molecular complexity index is 759. The van der Waals surface area contributed by atoms with Crippen molar-refractivity contribution in [2.75, 3.05) is 19.6 Å². The van der Waals surface area contributed by atoms with Gasteiger partial charge < -0.3 is 10.6 Å². The number of amides is 1. The largest absolute Gasteiger partial charge is 0.356 e. The number of fused-ring (bicyclic) bond motifs is 1. The second-order valence-electron chi connectivity index (χ2n) is 6.61. The number of pyridine rings is 1. The summed E-state index contributed by atoms with van der Waals surface area (Å²) in [6.45, 7) is 2.51. The van der Waals surface area contributed by atoms with E-state index in [0.29, 0.717) is 6.54 Å². The first-order valence-corrected chi connectivity index (χ1v) is 9.24. The van der Waals surface area contributed by atoms with Crippen molar-refractivity contribution in [3.05, 3.63) is 65.0 Å². The normalized spacial score (nSPS) is 13.5. The Balaban J connectivity index is 1.44. The van der Waals surface area contributed by atoms with Crippen LogP contribution in [0, 0.1) is 0 Å². The summed E-state index contributed by atoms with van der Waals surface area (Å²) < 4.78 is 0. The van der Waals surface area contributed by atoms with Crippen molar-refractivity contribution >= 4 is 11.7 Å². The topological polar surface area (TPSA) is 71.1 Å². The van der Waals surface area contributed by atoms with Crippen molar-refractivity contribution in [2.45, 2.75) is 32.1 Å². The Morgan fingerprint density at radius 2 is 1.77 bits per heavy atom. The maximum Gasteiger partial charge on any atom is 0.220 e. The molecule has 1 amide bonds. The number of benzene rings is 1. The number of Topliss-reactive ketones (excluding diaryl/α,β-unsaturated/α-hetero) is 1. The Kier molecular flexibility index (Phi) is 6.50. The van der Waals surface area contributed by atoms with E-state index in [4.69, 9.17) is 0 Å². The minimum atomic E-state index is -0.0774. The van der Waals surface area contributed by atoms with Gasteiger partial charge in [-0.25, -0.2) is 0 Å². The van der Waals surface area contributed by atoms with Gasteiger partial charge in [0.2, 0.25) is 5.91 Å². The molecule has 0 atom stereocenters. The minimum absolute atomic E-state index is 0.0364. The molecule has 1 aliphatic heterocycles. The van der Waals surface area contributed by atoms with Crippen molar-refractivity contribution in [2.24, 2.45) is 0 Å². The van der Waals surface area contributed by atoms with Gasteiger partial charge in [0.15, 0.2) is 5.78 Å². The highest BCUT2D eigenvalue weighted by molar-refractivity contribution is 5.98. The lowest BCUT2D eigenvalue weighted by molar-refractivity contribution is -0.121. The highest BCUT2D eigenvalue weighted by atomic mass is 16.2. The molecule has 1 aliphatic rings. The summed E-state index contributed by atoms with van der Waals surface area (Å²) in [7, 11) is 0. The SMILES string of the molecule is O=C(CCC(=O)c1ccc2c(c1)CCNCC2)NCCc1ccncc1. The molecule has 2 N–H and O–H groups in total. The van der Waals surface area contributed by atoms with Gasteiger partial charge in [0.05, 0.1) is 0 Å². The highest BCUT2D eigenvalue weighted by Crippen LogP contribution is 2.17. The first-order valence-electron chi connectivity index (χ1n) is 9.24. The number of nitrogens with zero attached hydrogens (tertiary/aromatic N) is 1. The number of nitrogens with one attached hydrogen (secondary N) is 2. The molecular formula is C21H25N3O2. The lowest BCUT2D eigenvalue weighted by atomic mass is 9.97. The van der Waals surface area contributed by atoms with Crippen LogP contribution in [0.1, 0.15) is 39.9 Å². The molecule has 3 rings (SSSR count). The second kappa shape index (κ2) is 9.25. The molecule has 0 saturated carbocycles. The lowest BCUT2D eigenvalue weighted by Gasteiger charge is -2.08. The standard InChI is InChI=1S/C21H25N3O2/c25-20(19-2-1-17-8-12-23-13-9-18(17)15-19)3-4-21(26)24-14-7-16-5-10-22-11-6-16/h1-2,5-6,10-11,15,23H,3-4,7-9,12-14H2,(H,24,26). The van der Waals surface area contributed by atoms with Crippen LogP contribution >= 0.6 is 0 Å². The first-order chi connectivity index (χ1) is 12.7. The summed E-state index contributed by atoms with van der Waals surface area (Å²) in [5, 5.41) is 6.25. The van der Waals surface area contributed by atoms with Crippen LogP contribution in [0.4, 0.5) is 0 Å². The summed E-state index contributed by atoms with van der Waals surface area (Å²) in [4.78, 5) is 28.3. The first kappa shape index (κ1) is 18.3. The number of aromatic nitrogens is 1. The van der Waals surface area contributed by atoms with Gasteiger partial charge in [-0.15, -0.1) is 0 Å². The molecular weight excluding hydrogens is 326 g/mol. The van der Waals surface area contributed by atoms with Crippen LogP contribution in [0.5, 0.6) is 0 Å². The summed E-state index contributed by atoms with van der Waals surface area (Å²) >= 11 is 0. The molecule has 26 heavy (non-hydrogen) atoms. The van der Waals surface area contributed by atoms with Crippen molar-refractivity contribution < 1.29 is 9.59 Å². The van der Waals surface area contributed by atoms with E-state index < -0.39 is 0 Å². The quantitative estimate of drug-likeness (QED) is 0.750. The molecule has 0 bridgehead atoms. The van der Waals surface area contributed by atoms with Crippen LogP contribution < -0.4 is 10.6 Å². The third-order valence-electron chi connectivity index (χ3n) is 4.73. The Hall–Kier alpha value is -2.53. The molecule has 2 heterocycles. The van der Waals surface area contributed by atoms with E-state index in [2.05, 4.69) is 21.7 Å². The van der Waals surface area contributed by atoms with E-state index in [1.165, 1.54) is 11.1 Å². The van der Waals surface area contributed by atoms with Crippen LogP contribution in [0.3, 0.4) is 0 Å². The fourth-order valence-electron chi connectivity index (χ4n) is 3.20. The van der Waals surface area contributed by atoms with E-state index >= 15 is 0 Å². The molecule has 0 aliphatic carbocycles. The molecule has 0 fully saturated rings. The van der Waals surface area contributed by atoms with Crippen LogP contribution in [-0.4, -0.2) is 36.3 Å². The predicted octanol–water partition coefficient (Wildman–Crippen LogP) is 2.09. The highest BCUT2D eigenvalue weighted by Gasteiger charge is 2.13. The number of carbonyl (C=O) groups excluding carboxylic acids is 2. The van der Waals surface area contributed by atoms with Gasteiger partial charge in [0.25, 0.3) is 0 Å². The van der Waals surface area contributed by atoms with Crippen LogP contribution in [-0.2, 0) is 24.1 Å². The third-order valence-corrected chi connectivity index (χ3v) is 4.73. The van der Waals surface area contributed by atoms with Gasteiger partial charge >= 0.3 is 0 Å². The van der Waals surface area contributed by atoms with Gasteiger partial charge in [-0.1, -0.05) is 12.1 Å². The molecule has 1 aromatic heterocycles. The number of hydrogen-bond donors (Lipinski definition) is 2. The van der Waals surface area contributed by atoms with E-state index in [1.807, 2.05) is 24.3 Å². The Morgan fingerprint density at radius 3 is 2.58 bits per heavy atom. The zero-order chi connectivity index (χ0) is 18.2. The predicted molar refractivity (Wildman–Crippen MR) is 101 cm³/mol. The second-order valence-corrected chi connectivity index (χ2v) is 6.61. The number of hydrogen-bond acceptors (Lipinski definition) is 4. The molecule has 5 nitrogen and oxygen atoms in total. The van der Waals surface area contributed by atoms with Gasteiger partial charge in [-0.2, -0.15) is 0 Å². The van der Waals surface area contributed by atoms with E-state index in [-0.39, 0.29) is 24.5 Å². The van der Waals surface area contributed by atoms with Crippen molar-refractivity contribution in [3.8, 4) is 0 Å². The number of ketones is 1. The average molecular weight is 351 g/mol. The summed E-state index contributed by atoms with van der Waals surface area (Å²) in [6.07, 6.45) is 6.68. The van der Waals surface area contributed by atoms with E-state index in [0.717, 1.165) is 43.5 Å². The van der Waals surface area contributed by atoms with Crippen LogP contribution in [0.2, 0.25) is 0 Å². The fourth-order valence-corrected chi connectivity index (χ4v) is 3.20. The Labute approximate surface area is 154 Å². The lowest BCUT2D eigenvalue weighted by Crippen LogP contribution is -2.26. The average Bonchev–Trinajstić information content (AvgIpc) is 2.91. The van der Waals surface area contributed by atoms with Gasteiger partial charge in [0, 0.05) is 37.3 Å². The van der Waals surface area contributed by atoms with Crippen LogP contribution in [0.15, 0.2) is 42.7 Å². The maximum atomic E-state index is 12.4. The molecule has 0 unspecified atom stereocenters. The fraction of sp³-hybridized carbons (Fsp3) is 0.381. The number of rotatable bonds is 7. The van der Waals surface area contributed by atoms with Gasteiger partial charge in [0.1, 0.15) is 0 Å². The van der Waals surface area contributed by atoms with Gasteiger partial charge in [-0.05, 0) is 67.2 Å². The van der Waals surface area contributed by atoms with Crippen molar-refractivity contribution in [1.29, 1.82) is 0 Å². The van der Waals surface area contributed by atoms with Crippen LogP contribution in [0.25, 0.3) is 0 Å². The summed E-state index contributed by atoms with van der Waals surface area (Å²) in [5.74, 6) is -0.0411.